The molecule has 4 rings (SSSR count). The Morgan fingerprint density at radius 2 is 2.14 bits per heavy atom. The number of aromatic nitrogens is 6. The van der Waals surface area contributed by atoms with Crippen molar-refractivity contribution in [2.45, 2.75) is 40.3 Å². The summed E-state index contributed by atoms with van der Waals surface area (Å²) in [5.41, 5.74) is 5.33. The molecule has 0 aliphatic rings. The summed E-state index contributed by atoms with van der Waals surface area (Å²) in [5.74, 6) is 1.45. The van der Waals surface area contributed by atoms with Gasteiger partial charge in [-0.2, -0.15) is 5.10 Å². The van der Waals surface area contributed by atoms with Crippen molar-refractivity contribution < 1.29 is 4.74 Å². The summed E-state index contributed by atoms with van der Waals surface area (Å²) in [7, 11) is 0. The van der Waals surface area contributed by atoms with E-state index in [0.717, 1.165) is 39.5 Å². The fourth-order valence-corrected chi connectivity index (χ4v) is 3.30. The lowest BCUT2D eigenvalue weighted by molar-refractivity contribution is 0.328. The summed E-state index contributed by atoms with van der Waals surface area (Å²) in [6.45, 7) is 9.23. The van der Waals surface area contributed by atoms with Crippen molar-refractivity contribution in [1.29, 1.82) is 0 Å². The Balaban J connectivity index is 1.81. The van der Waals surface area contributed by atoms with Gasteiger partial charge >= 0.3 is 0 Å². The molecule has 4 aromatic rings. The molecular formula is C21H25N7O. The van der Waals surface area contributed by atoms with E-state index in [1.165, 1.54) is 0 Å². The van der Waals surface area contributed by atoms with Crippen LogP contribution in [0, 0.1) is 6.92 Å². The number of anilines is 1. The zero-order valence-corrected chi connectivity index (χ0v) is 17.1. The molecule has 29 heavy (non-hydrogen) atoms. The van der Waals surface area contributed by atoms with Crippen molar-refractivity contribution in [1.82, 2.24) is 29.7 Å². The maximum atomic E-state index is 5.71. The first-order valence-electron chi connectivity index (χ1n) is 9.78. The Morgan fingerprint density at radius 1 is 1.28 bits per heavy atom. The van der Waals surface area contributed by atoms with Crippen LogP contribution in [-0.2, 0) is 6.54 Å². The molecule has 0 atom stereocenters. The van der Waals surface area contributed by atoms with Gasteiger partial charge in [-0.1, -0.05) is 0 Å². The number of aromatic amines is 1. The Hall–Kier alpha value is -3.42. The summed E-state index contributed by atoms with van der Waals surface area (Å²) in [4.78, 5) is 16.9. The summed E-state index contributed by atoms with van der Waals surface area (Å²) in [5, 5.41) is 8.06. The smallest absolute Gasteiger partial charge is 0.222 e. The second kappa shape index (κ2) is 7.90. The molecule has 0 fully saturated rings. The minimum absolute atomic E-state index is 0.212. The molecule has 0 aliphatic heterocycles. The molecule has 0 unspecified atom stereocenters. The van der Waals surface area contributed by atoms with Crippen molar-refractivity contribution >= 4 is 16.7 Å². The lowest BCUT2D eigenvalue weighted by atomic mass is 10.1. The molecule has 0 radical (unpaired) electrons. The number of imidazole rings is 1. The van der Waals surface area contributed by atoms with Gasteiger partial charge in [0.15, 0.2) is 0 Å². The zero-order chi connectivity index (χ0) is 20.4. The average molecular weight is 391 g/mol. The molecule has 8 heteroatoms. The minimum atomic E-state index is 0.212. The number of pyridine rings is 2. The third-order valence-corrected chi connectivity index (χ3v) is 4.58. The third kappa shape index (κ3) is 3.78. The number of aryl methyl sites for hydroxylation is 1. The molecule has 2 N–H and O–H groups in total. The Morgan fingerprint density at radius 3 is 2.86 bits per heavy atom. The van der Waals surface area contributed by atoms with Gasteiger partial charge in [0.1, 0.15) is 16.9 Å². The van der Waals surface area contributed by atoms with E-state index >= 15 is 0 Å². The topological polar surface area (TPSA) is 93.5 Å². The molecule has 150 valence electrons. The third-order valence-electron chi connectivity index (χ3n) is 4.58. The van der Waals surface area contributed by atoms with Crippen LogP contribution in [0.2, 0.25) is 0 Å². The van der Waals surface area contributed by atoms with Crippen LogP contribution >= 0.6 is 0 Å². The lowest BCUT2D eigenvalue weighted by Gasteiger charge is -2.14. The van der Waals surface area contributed by atoms with Gasteiger partial charge in [-0.3, -0.25) is 4.68 Å². The number of nitrogens with one attached hydrogen (secondary N) is 2. The molecule has 0 bridgehead atoms. The highest BCUT2D eigenvalue weighted by Gasteiger charge is 2.17. The number of ether oxygens (including phenoxy) is 1. The van der Waals surface area contributed by atoms with E-state index in [-0.39, 0.29) is 6.04 Å². The van der Waals surface area contributed by atoms with Crippen molar-refractivity contribution in [2.24, 2.45) is 0 Å². The number of fused-ring (bicyclic) bond motifs is 1. The molecule has 4 heterocycles. The number of H-pyrrole nitrogens is 1. The van der Waals surface area contributed by atoms with Gasteiger partial charge in [-0.05, 0) is 45.9 Å². The van der Waals surface area contributed by atoms with Crippen molar-refractivity contribution in [3.63, 3.8) is 0 Å². The first-order chi connectivity index (χ1) is 14.1. The van der Waals surface area contributed by atoms with Crippen LogP contribution in [0.1, 0.15) is 38.3 Å². The zero-order valence-electron chi connectivity index (χ0n) is 17.1. The van der Waals surface area contributed by atoms with Gasteiger partial charge in [0, 0.05) is 18.4 Å². The van der Waals surface area contributed by atoms with Gasteiger partial charge < -0.3 is 15.0 Å². The van der Waals surface area contributed by atoms with E-state index in [9.17, 15) is 0 Å². The van der Waals surface area contributed by atoms with E-state index in [0.29, 0.717) is 19.0 Å². The SMILES string of the molecule is CCOc1ncccc1-c1cc(NCc2nc(C)c[nH]2)c2c(cnn2C(C)C)n1. The van der Waals surface area contributed by atoms with E-state index in [4.69, 9.17) is 9.72 Å². The van der Waals surface area contributed by atoms with E-state index in [1.54, 1.807) is 12.4 Å². The van der Waals surface area contributed by atoms with Crippen LogP contribution in [0.5, 0.6) is 5.88 Å². The van der Waals surface area contributed by atoms with Crippen LogP contribution in [0.4, 0.5) is 5.69 Å². The molecule has 0 saturated carbocycles. The van der Waals surface area contributed by atoms with Crippen LogP contribution in [-0.4, -0.2) is 36.3 Å². The average Bonchev–Trinajstić information content (AvgIpc) is 3.33. The Bertz CT molecular complexity index is 1130. The summed E-state index contributed by atoms with van der Waals surface area (Å²) in [6.07, 6.45) is 5.42. The predicted molar refractivity (Wildman–Crippen MR) is 113 cm³/mol. The van der Waals surface area contributed by atoms with Crippen LogP contribution in [0.15, 0.2) is 36.8 Å². The number of hydrogen-bond acceptors (Lipinski definition) is 6. The van der Waals surface area contributed by atoms with Gasteiger partial charge in [0.05, 0.1) is 42.0 Å². The second-order valence-corrected chi connectivity index (χ2v) is 7.10. The van der Waals surface area contributed by atoms with E-state index < -0.39 is 0 Å². The number of hydrogen-bond donors (Lipinski definition) is 2. The summed E-state index contributed by atoms with van der Waals surface area (Å²) >= 11 is 0. The highest BCUT2D eigenvalue weighted by atomic mass is 16.5. The summed E-state index contributed by atoms with van der Waals surface area (Å²) in [6, 6.07) is 6.10. The van der Waals surface area contributed by atoms with Crippen molar-refractivity contribution in [3.05, 3.63) is 48.3 Å². The first kappa shape index (κ1) is 18.9. The maximum Gasteiger partial charge on any atom is 0.222 e. The predicted octanol–water partition coefficient (Wildman–Crippen LogP) is 4.12. The van der Waals surface area contributed by atoms with E-state index in [2.05, 4.69) is 39.2 Å². The number of nitrogens with zero attached hydrogens (tertiary/aromatic N) is 5. The molecule has 0 spiro atoms. The minimum Gasteiger partial charge on any atom is -0.477 e. The van der Waals surface area contributed by atoms with Crippen LogP contribution in [0.3, 0.4) is 0 Å². The fourth-order valence-electron chi connectivity index (χ4n) is 3.30. The molecule has 4 aromatic heterocycles. The monoisotopic (exact) mass is 391 g/mol. The highest BCUT2D eigenvalue weighted by molar-refractivity contribution is 5.91. The molecular weight excluding hydrogens is 366 g/mol. The second-order valence-electron chi connectivity index (χ2n) is 7.10. The summed E-state index contributed by atoms with van der Waals surface area (Å²) < 4.78 is 7.69. The van der Waals surface area contributed by atoms with Crippen LogP contribution in [0.25, 0.3) is 22.3 Å². The number of rotatable bonds is 7. The molecule has 8 nitrogen and oxygen atoms in total. The largest absolute Gasteiger partial charge is 0.477 e. The normalized spacial score (nSPS) is 11.3. The Labute approximate surface area is 169 Å². The quantitative estimate of drug-likeness (QED) is 0.492. The fraction of sp³-hybridized carbons (Fsp3) is 0.333. The lowest BCUT2D eigenvalue weighted by Crippen LogP contribution is -2.08. The van der Waals surface area contributed by atoms with Crippen molar-refractivity contribution in [2.75, 3.05) is 11.9 Å². The molecule has 0 aliphatic carbocycles. The Kier molecular flexibility index (Phi) is 5.16. The molecule has 0 aromatic carbocycles. The van der Waals surface area contributed by atoms with Gasteiger partial charge in [0.25, 0.3) is 0 Å². The highest BCUT2D eigenvalue weighted by Crippen LogP contribution is 2.33. The standard InChI is InChI=1S/C21H25N7O/c1-5-29-21-15(7-6-8-22-21)16-9-17(23-12-19-24-10-14(4)26-19)20-18(27-16)11-25-28(20)13(2)3/h6-11,13H,5,12H2,1-4H3,(H,23,27)(H,24,26). The van der Waals surface area contributed by atoms with E-state index in [1.807, 2.05) is 42.9 Å². The maximum absolute atomic E-state index is 5.71. The first-order valence-corrected chi connectivity index (χ1v) is 9.78. The van der Waals surface area contributed by atoms with Crippen LogP contribution < -0.4 is 10.1 Å². The van der Waals surface area contributed by atoms with Gasteiger partial charge in [-0.15, -0.1) is 0 Å². The van der Waals surface area contributed by atoms with Gasteiger partial charge in [0.2, 0.25) is 5.88 Å². The molecule has 0 amide bonds. The molecule has 0 saturated heterocycles. The van der Waals surface area contributed by atoms with Crippen molar-refractivity contribution in [3.8, 4) is 17.1 Å². The van der Waals surface area contributed by atoms with Gasteiger partial charge in [-0.25, -0.2) is 15.0 Å².